The first-order valence-electron chi connectivity index (χ1n) is 4.15. The van der Waals surface area contributed by atoms with Crippen LogP contribution in [0.25, 0.3) is 0 Å². The SMILES string of the molecule is CCn1cc(C(O)C(Cl)(Cl)Cl)c(C)n1. The van der Waals surface area contributed by atoms with Crippen LogP contribution in [-0.2, 0) is 6.54 Å². The molecule has 0 saturated carbocycles. The second-order valence-corrected chi connectivity index (χ2v) is 5.34. The third-order valence-electron chi connectivity index (χ3n) is 1.91. The van der Waals surface area contributed by atoms with Crippen molar-refractivity contribution in [2.45, 2.75) is 30.3 Å². The third-order valence-corrected chi connectivity index (χ3v) is 2.53. The van der Waals surface area contributed by atoms with Gasteiger partial charge in [0.1, 0.15) is 6.10 Å². The lowest BCUT2D eigenvalue weighted by atomic mass is 10.2. The van der Waals surface area contributed by atoms with Crippen LogP contribution >= 0.6 is 34.8 Å². The molecule has 3 nitrogen and oxygen atoms in total. The molecular weight excluding hydrogens is 246 g/mol. The topological polar surface area (TPSA) is 38.0 Å². The minimum atomic E-state index is -1.72. The Morgan fingerprint density at radius 1 is 1.57 bits per heavy atom. The van der Waals surface area contributed by atoms with Gasteiger partial charge < -0.3 is 5.11 Å². The Labute approximate surface area is 97.6 Å². The Morgan fingerprint density at radius 2 is 2.14 bits per heavy atom. The molecule has 80 valence electrons. The van der Waals surface area contributed by atoms with E-state index in [-0.39, 0.29) is 0 Å². The van der Waals surface area contributed by atoms with Gasteiger partial charge in [0.2, 0.25) is 3.79 Å². The first kappa shape index (κ1) is 12.1. The highest BCUT2D eigenvalue weighted by Gasteiger charge is 2.34. The zero-order valence-corrected chi connectivity index (χ0v) is 10.1. The summed E-state index contributed by atoms with van der Waals surface area (Å²) >= 11 is 16.8. The minimum absolute atomic E-state index is 0.548. The predicted octanol–water partition coefficient (Wildman–Crippen LogP) is 2.62. The molecule has 0 radical (unpaired) electrons. The van der Waals surface area contributed by atoms with E-state index in [1.54, 1.807) is 17.8 Å². The number of halogens is 3. The van der Waals surface area contributed by atoms with Crippen LogP contribution < -0.4 is 0 Å². The summed E-state index contributed by atoms with van der Waals surface area (Å²) in [5.41, 5.74) is 1.22. The monoisotopic (exact) mass is 256 g/mol. The summed E-state index contributed by atoms with van der Waals surface area (Å²) in [6.45, 7) is 4.42. The number of hydrogen-bond donors (Lipinski definition) is 1. The zero-order chi connectivity index (χ0) is 10.9. The van der Waals surface area contributed by atoms with E-state index in [0.717, 1.165) is 0 Å². The van der Waals surface area contributed by atoms with Gasteiger partial charge in [0, 0.05) is 18.3 Å². The van der Waals surface area contributed by atoms with Crippen molar-refractivity contribution in [2.75, 3.05) is 0 Å². The molecule has 0 aliphatic rings. The van der Waals surface area contributed by atoms with Gasteiger partial charge in [0.25, 0.3) is 0 Å². The van der Waals surface area contributed by atoms with Gasteiger partial charge in [-0.2, -0.15) is 5.10 Å². The smallest absolute Gasteiger partial charge is 0.220 e. The van der Waals surface area contributed by atoms with E-state index < -0.39 is 9.90 Å². The van der Waals surface area contributed by atoms with E-state index in [1.807, 2.05) is 6.92 Å². The lowest BCUT2D eigenvalue weighted by molar-refractivity contribution is 0.181. The maximum atomic E-state index is 9.70. The van der Waals surface area contributed by atoms with Crippen LogP contribution in [0.5, 0.6) is 0 Å². The Bertz CT molecular complexity index is 319. The number of aromatic nitrogens is 2. The summed E-state index contributed by atoms with van der Waals surface area (Å²) < 4.78 is -0.0311. The molecule has 0 spiro atoms. The second-order valence-electron chi connectivity index (χ2n) is 2.97. The molecule has 1 aromatic heterocycles. The zero-order valence-electron chi connectivity index (χ0n) is 7.84. The maximum Gasteiger partial charge on any atom is 0.220 e. The van der Waals surface area contributed by atoms with Crippen molar-refractivity contribution < 1.29 is 5.11 Å². The standard InChI is InChI=1S/C8H11Cl3N2O/c1-3-13-4-6(5(2)12-13)7(14)8(9,10)11/h4,7,14H,3H2,1-2H3. The van der Waals surface area contributed by atoms with Gasteiger partial charge in [-0.15, -0.1) is 0 Å². The molecule has 1 rings (SSSR count). The van der Waals surface area contributed by atoms with Crippen molar-refractivity contribution >= 4 is 34.8 Å². The van der Waals surface area contributed by atoms with E-state index in [0.29, 0.717) is 17.8 Å². The highest BCUT2D eigenvalue weighted by atomic mass is 35.6. The largest absolute Gasteiger partial charge is 0.384 e. The number of hydrogen-bond acceptors (Lipinski definition) is 2. The van der Waals surface area contributed by atoms with E-state index in [2.05, 4.69) is 5.10 Å². The van der Waals surface area contributed by atoms with Crippen LogP contribution in [-0.4, -0.2) is 18.7 Å². The molecule has 1 unspecified atom stereocenters. The molecule has 0 saturated heterocycles. The Kier molecular flexibility index (Phi) is 3.69. The molecule has 0 aliphatic heterocycles. The first-order valence-corrected chi connectivity index (χ1v) is 5.28. The fourth-order valence-corrected chi connectivity index (χ4v) is 1.49. The summed E-state index contributed by atoms with van der Waals surface area (Å²) in [5.74, 6) is 0. The molecule has 0 bridgehead atoms. The van der Waals surface area contributed by atoms with Gasteiger partial charge in [-0.05, 0) is 13.8 Å². The third kappa shape index (κ3) is 2.54. The van der Waals surface area contributed by atoms with E-state index in [4.69, 9.17) is 34.8 Å². The average Bonchev–Trinajstić information content (AvgIpc) is 2.43. The summed E-state index contributed by atoms with van der Waals surface area (Å²) in [7, 11) is 0. The summed E-state index contributed by atoms with van der Waals surface area (Å²) in [6, 6.07) is 0. The van der Waals surface area contributed by atoms with E-state index >= 15 is 0 Å². The molecule has 0 aromatic carbocycles. The van der Waals surface area contributed by atoms with Crippen LogP contribution in [0.3, 0.4) is 0 Å². The Hall–Kier alpha value is 0.0400. The van der Waals surface area contributed by atoms with Gasteiger partial charge in [0.15, 0.2) is 0 Å². The molecule has 14 heavy (non-hydrogen) atoms. The van der Waals surface area contributed by atoms with E-state index in [9.17, 15) is 5.11 Å². The maximum absolute atomic E-state index is 9.70. The number of alkyl halides is 3. The summed E-state index contributed by atoms with van der Waals surface area (Å²) in [4.78, 5) is 0. The van der Waals surface area contributed by atoms with Crippen molar-refractivity contribution in [1.29, 1.82) is 0 Å². The Balaban J connectivity index is 3.01. The molecule has 0 fully saturated rings. The van der Waals surface area contributed by atoms with Crippen molar-refractivity contribution in [3.63, 3.8) is 0 Å². The van der Waals surface area contributed by atoms with Gasteiger partial charge in [-0.1, -0.05) is 34.8 Å². The van der Waals surface area contributed by atoms with Crippen molar-refractivity contribution in [3.05, 3.63) is 17.5 Å². The first-order chi connectivity index (χ1) is 6.36. The molecule has 1 atom stereocenters. The quantitative estimate of drug-likeness (QED) is 0.827. The van der Waals surface area contributed by atoms with Crippen LogP contribution in [0.15, 0.2) is 6.20 Å². The molecule has 6 heteroatoms. The lowest BCUT2D eigenvalue weighted by Crippen LogP contribution is -2.16. The van der Waals surface area contributed by atoms with Gasteiger partial charge >= 0.3 is 0 Å². The van der Waals surface area contributed by atoms with Crippen LogP contribution in [0.1, 0.15) is 24.3 Å². The van der Waals surface area contributed by atoms with Crippen molar-refractivity contribution in [2.24, 2.45) is 0 Å². The van der Waals surface area contributed by atoms with Crippen molar-refractivity contribution in [1.82, 2.24) is 9.78 Å². The predicted molar refractivity (Wildman–Crippen MR) is 57.9 cm³/mol. The number of aliphatic hydroxyl groups is 1. The number of aryl methyl sites for hydroxylation is 2. The number of nitrogens with zero attached hydrogens (tertiary/aromatic N) is 2. The average molecular weight is 258 g/mol. The summed E-state index contributed by atoms with van der Waals surface area (Å²) in [6.07, 6.45) is 0.537. The fraction of sp³-hybridized carbons (Fsp3) is 0.625. The number of aliphatic hydroxyl groups excluding tert-OH is 1. The molecule has 0 aliphatic carbocycles. The number of rotatable bonds is 2. The fourth-order valence-electron chi connectivity index (χ4n) is 1.14. The van der Waals surface area contributed by atoms with Crippen LogP contribution in [0.4, 0.5) is 0 Å². The highest BCUT2D eigenvalue weighted by Crippen LogP contribution is 2.40. The summed E-state index contributed by atoms with van der Waals surface area (Å²) in [5, 5.41) is 13.8. The lowest BCUT2D eigenvalue weighted by Gasteiger charge is -2.17. The van der Waals surface area contributed by atoms with Gasteiger partial charge in [0.05, 0.1) is 5.69 Å². The van der Waals surface area contributed by atoms with Gasteiger partial charge in [-0.25, -0.2) is 0 Å². The van der Waals surface area contributed by atoms with Crippen molar-refractivity contribution in [3.8, 4) is 0 Å². The molecule has 1 heterocycles. The van der Waals surface area contributed by atoms with E-state index in [1.165, 1.54) is 0 Å². The van der Waals surface area contributed by atoms with Crippen LogP contribution in [0.2, 0.25) is 0 Å². The Morgan fingerprint density at radius 3 is 2.50 bits per heavy atom. The van der Waals surface area contributed by atoms with Crippen LogP contribution in [0, 0.1) is 6.92 Å². The van der Waals surface area contributed by atoms with Gasteiger partial charge in [-0.3, -0.25) is 4.68 Å². The normalized spacial score (nSPS) is 14.4. The molecule has 1 N–H and O–H groups in total. The molecule has 1 aromatic rings. The molecule has 0 amide bonds. The molecular formula is C8H11Cl3N2O. The second kappa shape index (κ2) is 4.27. The minimum Gasteiger partial charge on any atom is -0.384 e. The highest BCUT2D eigenvalue weighted by molar-refractivity contribution is 6.68.